The maximum Gasteiger partial charge on any atom is 0.259 e. The quantitative estimate of drug-likeness (QED) is 0.746. The Morgan fingerprint density at radius 3 is 2.50 bits per heavy atom. The minimum absolute atomic E-state index is 0.117. The van der Waals surface area contributed by atoms with Gasteiger partial charge in [-0.1, -0.05) is 36.9 Å². The second-order valence-corrected chi connectivity index (χ2v) is 6.94. The molecule has 136 valence electrons. The van der Waals surface area contributed by atoms with Crippen LogP contribution >= 0.6 is 11.6 Å². The van der Waals surface area contributed by atoms with Crippen molar-refractivity contribution in [2.75, 3.05) is 5.32 Å². The molecule has 3 rings (SSSR count). The van der Waals surface area contributed by atoms with Crippen LogP contribution in [0.5, 0.6) is 5.75 Å². The number of anilines is 1. The fourth-order valence-electron chi connectivity index (χ4n) is 3.15. The highest BCUT2D eigenvalue weighted by Crippen LogP contribution is 2.23. The third-order valence-corrected chi connectivity index (χ3v) is 4.76. The molecular formula is C20H21ClN2O3. The standard InChI is InChI=1S/C20H21ClN2O3/c21-14-9-10-17(18(24)12-14)20(26)23-16-8-4-5-13(11-16)19(25)22-15-6-2-1-3-7-15/h4-5,8-12,15,24H,1-3,6-7H2,(H,22,25)(H,23,26). The highest BCUT2D eigenvalue weighted by Gasteiger charge is 2.17. The van der Waals surface area contributed by atoms with E-state index < -0.39 is 5.91 Å². The number of halogens is 1. The van der Waals surface area contributed by atoms with Crippen LogP contribution in [0.1, 0.15) is 52.8 Å². The van der Waals surface area contributed by atoms with Crippen molar-refractivity contribution in [3.8, 4) is 5.75 Å². The van der Waals surface area contributed by atoms with Crippen molar-refractivity contribution in [3.63, 3.8) is 0 Å². The minimum Gasteiger partial charge on any atom is -0.507 e. The molecule has 0 aromatic heterocycles. The van der Waals surface area contributed by atoms with E-state index in [-0.39, 0.29) is 23.3 Å². The molecule has 0 atom stereocenters. The van der Waals surface area contributed by atoms with E-state index in [1.807, 2.05) is 0 Å². The topological polar surface area (TPSA) is 78.4 Å². The lowest BCUT2D eigenvalue weighted by atomic mass is 9.95. The summed E-state index contributed by atoms with van der Waals surface area (Å²) >= 11 is 5.78. The molecule has 1 saturated carbocycles. The zero-order valence-corrected chi connectivity index (χ0v) is 15.1. The van der Waals surface area contributed by atoms with Crippen LogP contribution in [0.4, 0.5) is 5.69 Å². The lowest BCUT2D eigenvalue weighted by Gasteiger charge is -2.22. The van der Waals surface area contributed by atoms with Gasteiger partial charge in [0.25, 0.3) is 11.8 Å². The summed E-state index contributed by atoms with van der Waals surface area (Å²) in [6, 6.07) is 11.3. The predicted octanol–water partition coefficient (Wildman–Crippen LogP) is 4.36. The molecule has 26 heavy (non-hydrogen) atoms. The van der Waals surface area contributed by atoms with Crippen LogP contribution in [-0.2, 0) is 0 Å². The van der Waals surface area contributed by atoms with Gasteiger partial charge in [-0.25, -0.2) is 0 Å². The fraction of sp³-hybridized carbons (Fsp3) is 0.300. The lowest BCUT2D eigenvalue weighted by molar-refractivity contribution is 0.0926. The molecule has 0 aliphatic heterocycles. The van der Waals surface area contributed by atoms with Crippen LogP contribution in [0, 0.1) is 0 Å². The summed E-state index contributed by atoms with van der Waals surface area (Å²) in [7, 11) is 0. The normalized spacial score (nSPS) is 14.7. The number of phenolic OH excluding ortho intramolecular Hbond substituents is 1. The van der Waals surface area contributed by atoms with E-state index in [4.69, 9.17) is 11.6 Å². The van der Waals surface area contributed by atoms with E-state index in [0.717, 1.165) is 25.7 Å². The third kappa shape index (κ3) is 4.55. The Morgan fingerprint density at radius 1 is 1.00 bits per heavy atom. The maximum absolute atomic E-state index is 12.4. The first kappa shape index (κ1) is 18.3. The highest BCUT2D eigenvalue weighted by atomic mass is 35.5. The van der Waals surface area contributed by atoms with Gasteiger partial charge < -0.3 is 15.7 Å². The summed E-state index contributed by atoms with van der Waals surface area (Å²) in [5, 5.41) is 16.0. The first-order chi connectivity index (χ1) is 12.5. The van der Waals surface area contributed by atoms with Gasteiger partial charge in [0.1, 0.15) is 5.75 Å². The van der Waals surface area contributed by atoms with E-state index in [1.54, 1.807) is 24.3 Å². The number of hydrogen-bond acceptors (Lipinski definition) is 3. The molecule has 2 aromatic carbocycles. The first-order valence-electron chi connectivity index (χ1n) is 8.74. The van der Waals surface area contributed by atoms with Gasteiger partial charge in [0.2, 0.25) is 0 Å². The number of carbonyl (C=O) groups is 2. The van der Waals surface area contributed by atoms with Gasteiger partial charge in [0, 0.05) is 22.3 Å². The summed E-state index contributed by atoms with van der Waals surface area (Å²) in [4.78, 5) is 24.8. The molecule has 0 bridgehead atoms. The SMILES string of the molecule is O=C(NC1CCCCC1)c1cccc(NC(=O)c2ccc(Cl)cc2O)c1. The van der Waals surface area contributed by atoms with Crippen LogP contribution in [0.25, 0.3) is 0 Å². The van der Waals surface area contributed by atoms with Crippen molar-refractivity contribution in [1.29, 1.82) is 0 Å². The van der Waals surface area contributed by atoms with Gasteiger partial charge >= 0.3 is 0 Å². The molecule has 5 nitrogen and oxygen atoms in total. The van der Waals surface area contributed by atoms with Gasteiger partial charge in [-0.05, 0) is 49.2 Å². The average molecular weight is 373 g/mol. The first-order valence-corrected chi connectivity index (χ1v) is 9.11. The van der Waals surface area contributed by atoms with Crippen molar-refractivity contribution in [1.82, 2.24) is 5.32 Å². The Labute approximate surface area is 157 Å². The largest absolute Gasteiger partial charge is 0.507 e. The maximum atomic E-state index is 12.4. The van der Waals surface area contributed by atoms with E-state index in [2.05, 4.69) is 10.6 Å². The summed E-state index contributed by atoms with van der Waals surface area (Å²) in [5.74, 6) is -0.799. The van der Waals surface area contributed by atoms with E-state index in [0.29, 0.717) is 16.3 Å². The van der Waals surface area contributed by atoms with Crippen molar-refractivity contribution >= 4 is 29.1 Å². The monoisotopic (exact) mass is 372 g/mol. The molecule has 1 aliphatic carbocycles. The molecule has 3 N–H and O–H groups in total. The van der Waals surface area contributed by atoms with Gasteiger partial charge in [0.15, 0.2) is 0 Å². The van der Waals surface area contributed by atoms with E-state index in [9.17, 15) is 14.7 Å². The van der Waals surface area contributed by atoms with E-state index >= 15 is 0 Å². The second kappa shape index (κ2) is 8.23. The highest BCUT2D eigenvalue weighted by molar-refractivity contribution is 6.31. The van der Waals surface area contributed by atoms with Crippen LogP contribution in [0.3, 0.4) is 0 Å². The van der Waals surface area contributed by atoms with Crippen molar-refractivity contribution < 1.29 is 14.7 Å². The number of amides is 2. The van der Waals surface area contributed by atoms with E-state index in [1.165, 1.54) is 24.6 Å². The molecule has 2 amide bonds. The predicted molar refractivity (Wildman–Crippen MR) is 102 cm³/mol. The van der Waals surface area contributed by atoms with Crippen molar-refractivity contribution in [2.45, 2.75) is 38.1 Å². The lowest BCUT2D eigenvalue weighted by Crippen LogP contribution is -2.36. The van der Waals surface area contributed by atoms with Gasteiger partial charge in [-0.15, -0.1) is 0 Å². The van der Waals surface area contributed by atoms with Crippen LogP contribution in [-0.4, -0.2) is 23.0 Å². The summed E-state index contributed by atoms with van der Waals surface area (Å²) in [6.45, 7) is 0. The van der Waals surface area contributed by atoms with Gasteiger partial charge in [0.05, 0.1) is 5.56 Å². The molecule has 0 radical (unpaired) electrons. The molecule has 0 heterocycles. The Bertz CT molecular complexity index is 816. The Kier molecular flexibility index (Phi) is 5.78. The molecular weight excluding hydrogens is 352 g/mol. The Morgan fingerprint density at radius 2 is 1.77 bits per heavy atom. The number of nitrogens with one attached hydrogen (secondary N) is 2. The van der Waals surface area contributed by atoms with Crippen molar-refractivity contribution in [2.24, 2.45) is 0 Å². The fourth-order valence-corrected chi connectivity index (χ4v) is 3.32. The number of phenols is 1. The van der Waals surface area contributed by atoms with Crippen molar-refractivity contribution in [3.05, 3.63) is 58.6 Å². The molecule has 0 spiro atoms. The molecule has 1 aliphatic rings. The van der Waals surface area contributed by atoms with Crippen LogP contribution < -0.4 is 10.6 Å². The Balaban J connectivity index is 1.68. The van der Waals surface area contributed by atoms with Gasteiger partial charge in [-0.2, -0.15) is 0 Å². The zero-order valence-electron chi connectivity index (χ0n) is 14.3. The number of aromatic hydroxyl groups is 1. The zero-order chi connectivity index (χ0) is 18.5. The number of rotatable bonds is 4. The molecule has 2 aromatic rings. The third-order valence-electron chi connectivity index (χ3n) is 4.53. The van der Waals surface area contributed by atoms with Crippen LogP contribution in [0.15, 0.2) is 42.5 Å². The Hall–Kier alpha value is -2.53. The summed E-state index contributed by atoms with van der Waals surface area (Å²) in [6.07, 6.45) is 5.54. The summed E-state index contributed by atoms with van der Waals surface area (Å²) in [5.41, 5.74) is 1.10. The molecule has 0 saturated heterocycles. The molecule has 1 fully saturated rings. The average Bonchev–Trinajstić information content (AvgIpc) is 2.62. The number of hydrogen-bond donors (Lipinski definition) is 3. The second-order valence-electron chi connectivity index (χ2n) is 6.50. The minimum atomic E-state index is -0.469. The number of carbonyl (C=O) groups excluding carboxylic acids is 2. The van der Waals surface area contributed by atoms with Crippen LogP contribution in [0.2, 0.25) is 5.02 Å². The molecule has 0 unspecified atom stereocenters. The smallest absolute Gasteiger partial charge is 0.259 e. The molecule has 6 heteroatoms. The number of benzene rings is 2. The van der Waals surface area contributed by atoms with Gasteiger partial charge in [-0.3, -0.25) is 9.59 Å². The summed E-state index contributed by atoms with van der Waals surface area (Å²) < 4.78 is 0.